The lowest BCUT2D eigenvalue weighted by molar-refractivity contribution is 0.768. The van der Waals surface area contributed by atoms with E-state index in [-0.39, 0.29) is 0 Å². The maximum absolute atomic E-state index is 6.15. The molecule has 0 spiro atoms. The number of anilines is 1. The summed E-state index contributed by atoms with van der Waals surface area (Å²) in [5.41, 5.74) is 9.92. The molecule has 0 unspecified atom stereocenters. The van der Waals surface area contributed by atoms with E-state index >= 15 is 0 Å². The Labute approximate surface area is 125 Å². The Morgan fingerprint density at radius 3 is 2.33 bits per heavy atom. The summed E-state index contributed by atoms with van der Waals surface area (Å²) in [5, 5.41) is 8.77. The number of aromatic nitrogens is 4. The first-order valence-corrected chi connectivity index (χ1v) is 7.06. The first kappa shape index (κ1) is 14.8. The molecule has 0 amide bonds. The zero-order valence-corrected chi connectivity index (χ0v) is 12.9. The Hall–Kier alpha value is -2.56. The summed E-state index contributed by atoms with van der Waals surface area (Å²) in [4.78, 5) is 0. The lowest BCUT2D eigenvalue weighted by atomic mass is 10.2. The predicted octanol–water partition coefficient (Wildman–Crippen LogP) is 3.19. The van der Waals surface area contributed by atoms with Gasteiger partial charge in [-0.1, -0.05) is 32.0 Å². The zero-order chi connectivity index (χ0) is 15.4. The summed E-state index contributed by atoms with van der Waals surface area (Å²) in [6, 6.07) is 9.87. The van der Waals surface area contributed by atoms with Crippen molar-refractivity contribution in [2.75, 3.05) is 5.73 Å². The van der Waals surface area contributed by atoms with E-state index < -0.39 is 0 Å². The normalized spacial score (nSPS) is 10.1. The molecule has 3 rings (SSSR count). The van der Waals surface area contributed by atoms with Crippen LogP contribution in [0.1, 0.15) is 19.4 Å². The molecule has 5 heteroatoms. The van der Waals surface area contributed by atoms with Crippen LogP contribution < -0.4 is 5.73 Å². The van der Waals surface area contributed by atoms with Crippen molar-refractivity contribution >= 4 is 5.82 Å². The first-order chi connectivity index (χ1) is 10.2. The van der Waals surface area contributed by atoms with Crippen molar-refractivity contribution in [2.45, 2.75) is 20.8 Å². The highest BCUT2D eigenvalue weighted by Gasteiger charge is 2.15. The van der Waals surface area contributed by atoms with Crippen molar-refractivity contribution < 1.29 is 0 Å². The number of para-hydroxylation sites is 1. The maximum atomic E-state index is 6.15. The van der Waals surface area contributed by atoms with E-state index in [1.807, 2.05) is 64.3 Å². The molecule has 1 aromatic carbocycles. The minimum absolute atomic E-state index is 0.657. The Balaban J connectivity index is 0.000000774. The molecule has 0 radical (unpaired) electrons. The predicted molar refractivity (Wildman–Crippen MR) is 86.3 cm³/mol. The van der Waals surface area contributed by atoms with Crippen molar-refractivity contribution in [1.29, 1.82) is 0 Å². The van der Waals surface area contributed by atoms with Gasteiger partial charge < -0.3 is 5.73 Å². The number of rotatable bonds is 2. The van der Waals surface area contributed by atoms with E-state index in [1.54, 1.807) is 15.6 Å². The molecule has 2 aromatic heterocycles. The van der Waals surface area contributed by atoms with Crippen LogP contribution in [0, 0.1) is 6.92 Å². The second kappa shape index (κ2) is 6.26. The molecule has 0 fully saturated rings. The molecule has 0 atom stereocenters. The van der Waals surface area contributed by atoms with Gasteiger partial charge in [0.2, 0.25) is 0 Å². The Bertz CT molecular complexity index is 710. The summed E-state index contributed by atoms with van der Waals surface area (Å²) < 4.78 is 3.52. The second-order valence-electron chi connectivity index (χ2n) is 4.51. The average Bonchev–Trinajstić information content (AvgIpc) is 3.07. The highest BCUT2D eigenvalue weighted by molar-refractivity contribution is 5.68. The number of nitrogens with zero attached hydrogens (tertiary/aromatic N) is 4. The van der Waals surface area contributed by atoms with Crippen LogP contribution in [-0.4, -0.2) is 19.6 Å². The van der Waals surface area contributed by atoms with Crippen LogP contribution in [0.3, 0.4) is 0 Å². The minimum Gasteiger partial charge on any atom is -0.383 e. The largest absolute Gasteiger partial charge is 0.383 e. The standard InChI is InChI=1S/C14H15N5.C2H6/c1-10-13(11-8-16-18(2)9-11)17-19(14(10)15)12-6-4-3-5-7-12;1-2/h3-9H,15H2,1-2H3;1-2H3. The van der Waals surface area contributed by atoms with E-state index in [1.165, 1.54) is 0 Å². The van der Waals surface area contributed by atoms with Crippen LogP contribution in [0.15, 0.2) is 42.7 Å². The highest BCUT2D eigenvalue weighted by Crippen LogP contribution is 2.27. The monoisotopic (exact) mass is 283 g/mol. The number of hydrogen-bond donors (Lipinski definition) is 1. The minimum atomic E-state index is 0.657. The van der Waals surface area contributed by atoms with Crippen LogP contribution in [-0.2, 0) is 7.05 Å². The van der Waals surface area contributed by atoms with E-state index in [4.69, 9.17) is 5.73 Å². The van der Waals surface area contributed by atoms with Gasteiger partial charge in [0, 0.05) is 24.4 Å². The number of benzene rings is 1. The molecule has 0 aliphatic carbocycles. The van der Waals surface area contributed by atoms with Crippen molar-refractivity contribution in [1.82, 2.24) is 19.6 Å². The average molecular weight is 283 g/mol. The van der Waals surface area contributed by atoms with Crippen molar-refractivity contribution in [3.8, 4) is 16.9 Å². The van der Waals surface area contributed by atoms with Crippen LogP contribution in [0.25, 0.3) is 16.9 Å². The van der Waals surface area contributed by atoms with Gasteiger partial charge in [-0.25, -0.2) is 4.68 Å². The zero-order valence-electron chi connectivity index (χ0n) is 12.9. The summed E-state index contributed by atoms with van der Waals surface area (Å²) >= 11 is 0. The fourth-order valence-corrected chi connectivity index (χ4v) is 2.09. The summed E-state index contributed by atoms with van der Waals surface area (Å²) in [7, 11) is 1.89. The molecule has 0 saturated carbocycles. The molecule has 3 aromatic rings. The molecular formula is C16H21N5. The molecule has 0 aliphatic heterocycles. The van der Waals surface area contributed by atoms with E-state index in [9.17, 15) is 0 Å². The van der Waals surface area contributed by atoms with E-state index in [0.717, 1.165) is 22.5 Å². The van der Waals surface area contributed by atoms with Gasteiger partial charge in [-0.2, -0.15) is 10.2 Å². The van der Waals surface area contributed by atoms with Crippen molar-refractivity contribution in [2.24, 2.45) is 7.05 Å². The van der Waals surface area contributed by atoms with Gasteiger partial charge in [0.25, 0.3) is 0 Å². The highest BCUT2D eigenvalue weighted by atomic mass is 15.3. The summed E-state index contributed by atoms with van der Waals surface area (Å²) in [5.74, 6) is 0.657. The molecule has 0 saturated heterocycles. The van der Waals surface area contributed by atoms with Gasteiger partial charge in [0.15, 0.2) is 0 Å². The molecule has 0 aliphatic rings. The van der Waals surface area contributed by atoms with E-state index in [0.29, 0.717) is 5.82 Å². The third-order valence-corrected chi connectivity index (χ3v) is 3.15. The van der Waals surface area contributed by atoms with Gasteiger partial charge in [0.1, 0.15) is 11.5 Å². The molecule has 21 heavy (non-hydrogen) atoms. The topological polar surface area (TPSA) is 61.7 Å². The van der Waals surface area contributed by atoms with Gasteiger partial charge in [-0.15, -0.1) is 0 Å². The Kier molecular flexibility index (Phi) is 4.42. The van der Waals surface area contributed by atoms with Crippen molar-refractivity contribution in [3.63, 3.8) is 0 Å². The summed E-state index contributed by atoms with van der Waals surface area (Å²) in [6.45, 7) is 5.98. The van der Waals surface area contributed by atoms with Crippen LogP contribution in [0.5, 0.6) is 0 Å². The smallest absolute Gasteiger partial charge is 0.130 e. The van der Waals surface area contributed by atoms with E-state index in [2.05, 4.69) is 10.2 Å². The Morgan fingerprint density at radius 2 is 1.76 bits per heavy atom. The molecule has 110 valence electrons. The van der Waals surface area contributed by atoms with Crippen molar-refractivity contribution in [3.05, 3.63) is 48.3 Å². The molecule has 5 nitrogen and oxygen atoms in total. The lowest BCUT2D eigenvalue weighted by Gasteiger charge is -2.02. The quantitative estimate of drug-likeness (QED) is 0.785. The number of nitrogens with two attached hydrogens (primary N) is 1. The maximum Gasteiger partial charge on any atom is 0.130 e. The molecule has 2 N–H and O–H groups in total. The van der Waals surface area contributed by atoms with Gasteiger partial charge >= 0.3 is 0 Å². The van der Waals surface area contributed by atoms with Crippen LogP contribution >= 0.6 is 0 Å². The second-order valence-corrected chi connectivity index (χ2v) is 4.51. The third-order valence-electron chi connectivity index (χ3n) is 3.15. The SMILES string of the molecule is CC.Cc1c(-c2cnn(C)c2)nn(-c2ccccc2)c1N. The van der Waals surface area contributed by atoms with Gasteiger partial charge in [-0.3, -0.25) is 4.68 Å². The summed E-state index contributed by atoms with van der Waals surface area (Å²) in [6.07, 6.45) is 3.73. The number of nitrogen functional groups attached to an aromatic ring is 1. The fraction of sp³-hybridized carbons (Fsp3) is 0.250. The lowest BCUT2D eigenvalue weighted by Crippen LogP contribution is -2.01. The van der Waals surface area contributed by atoms with Gasteiger partial charge in [-0.05, 0) is 19.1 Å². The third kappa shape index (κ3) is 2.81. The number of aryl methyl sites for hydroxylation is 1. The van der Waals surface area contributed by atoms with Crippen LogP contribution in [0.2, 0.25) is 0 Å². The van der Waals surface area contributed by atoms with Gasteiger partial charge in [0.05, 0.1) is 11.9 Å². The fourth-order valence-electron chi connectivity index (χ4n) is 2.09. The molecule has 0 bridgehead atoms. The first-order valence-electron chi connectivity index (χ1n) is 7.06. The van der Waals surface area contributed by atoms with Crippen LogP contribution in [0.4, 0.5) is 5.82 Å². The Morgan fingerprint density at radius 1 is 1.10 bits per heavy atom. The molecule has 2 heterocycles. The molecular weight excluding hydrogens is 262 g/mol. The number of hydrogen-bond acceptors (Lipinski definition) is 3.